The van der Waals surface area contributed by atoms with E-state index in [0.29, 0.717) is 23.4 Å². The minimum atomic E-state index is -0.330. The van der Waals surface area contributed by atoms with Crippen LogP contribution in [0.1, 0.15) is 41.5 Å². The molecule has 4 nitrogen and oxygen atoms in total. The van der Waals surface area contributed by atoms with Crippen molar-refractivity contribution in [2.45, 2.75) is 53.2 Å². The molecule has 18 heavy (non-hydrogen) atoms. The van der Waals surface area contributed by atoms with E-state index in [1.165, 1.54) is 0 Å². The maximum absolute atomic E-state index is 5.84. The third-order valence-electron chi connectivity index (χ3n) is 2.51. The lowest BCUT2D eigenvalue weighted by Crippen LogP contribution is -2.24. The van der Waals surface area contributed by atoms with Gasteiger partial charge in [-0.2, -0.15) is 4.98 Å². The zero-order valence-corrected chi connectivity index (χ0v) is 12.2. The summed E-state index contributed by atoms with van der Waals surface area (Å²) in [6.07, 6.45) is 0.101. The topological polar surface area (TPSA) is 57.4 Å². The van der Waals surface area contributed by atoms with Gasteiger partial charge < -0.3 is 15.2 Å². The van der Waals surface area contributed by atoms with E-state index in [1.54, 1.807) is 12.1 Å². The number of nitrogens with zero attached hydrogens (tertiary/aromatic N) is 1. The van der Waals surface area contributed by atoms with Gasteiger partial charge in [0.1, 0.15) is 5.60 Å². The van der Waals surface area contributed by atoms with Gasteiger partial charge in [0.2, 0.25) is 11.8 Å². The summed E-state index contributed by atoms with van der Waals surface area (Å²) >= 11 is 0. The number of pyridine rings is 1. The second-order valence-electron chi connectivity index (χ2n) is 5.83. The van der Waals surface area contributed by atoms with Crippen molar-refractivity contribution in [3.8, 4) is 11.8 Å². The van der Waals surface area contributed by atoms with Gasteiger partial charge in [-0.25, -0.2) is 0 Å². The molecule has 0 saturated heterocycles. The van der Waals surface area contributed by atoms with Crippen LogP contribution in [0.25, 0.3) is 0 Å². The Morgan fingerprint density at radius 2 is 1.78 bits per heavy atom. The van der Waals surface area contributed by atoms with Crippen molar-refractivity contribution in [2.75, 3.05) is 5.73 Å². The van der Waals surface area contributed by atoms with Gasteiger partial charge in [-0.1, -0.05) is 13.8 Å². The van der Waals surface area contributed by atoms with Crippen molar-refractivity contribution in [3.05, 3.63) is 12.1 Å². The van der Waals surface area contributed by atoms with Gasteiger partial charge in [0.15, 0.2) is 0 Å². The number of nitrogens with two attached hydrogens (primary N) is 1. The van der Waals surface area contributed by atoms with Gasteiger partial charge >= 0.3 is 0 Å². The number of ether oxygens (including phenoxy) is 2. The van der Waals surface area contributed by atoms with Gasteiger partial charge in [0, 0.05) is 6.07 Å². The Morgan fingerprint density at radius 1 is 1.17 bits per heavy atom. The summed E-state index contributed by atoms with van der Waals surface area (Å²) in [6.45, 7) is 12.1. The highest BCUT2D eigenvalue weighted by molar-refractivity contribution is 5.49. The van der Waals surface area contributed by atoms with E-state index in [9.17, 15) is 0 Å². The SMILES string of the molecule is CC(C)C(C)Oc1ccc(N)c(OC(C)(C)C)n1. The first-order valence-electron chi connectivity index (χ1n) is 6.31. The number of nitrogen functional groups attached to an aromatic ring is 1. The van der Waals surface area contributed by atoms with Gasteiger partial charge in [-0.15, -0.1) is 0 Å². The first-order chi connectivity index (χ1) is 8.19. The summed E-state index contributed by atoms with van der Waals surface area (Å²) < 4.78 is 11.4. The lowest BCUT2D eigenvalue weighted by atomic mass is 10.1. The van der Waals surface area contributed by atoms with E-state index < -0.39 is 0 Å². The van der Waals surface area contributed by atoms with Crippen molar-refractivity contribution in [2.24, 2.45) is 5.92 Å². The molecule has 4 heteroatoms. The first-order valence-corrected chi connectivity index (χ1v) is 6.31. The lowest BCUT2D eigenvalue weighted by molar-refractivity contribution is 0.119. The molecule has 0 spiro atoms. The van der Waals surface area contributed by atoms with E-state index in [0.717, 1.165) is 0 Å². The molecule has 2 N–H and O–H groups in total. The molecule has 1 atom stereocenters. The van der Waals surface area contributed by atoms with E-state index in [4.69, 9.17) is 15.2 Å². The van der Waals surface area contributed by atoms with E-state index in [-0.39, 0.29) is 11.7 Å². The number of hydrogen-bond acceptors (Lipinski definition) is 4. The molecule has 1 rings (SSSR count). The number of hydrogen-bond donors (Lipinski definition) is 1. The van der Waals surface area contributed by atoms with Crippen LogP contribution in [0.5, 0.6) is 11.8 Å². The molecular formula is C14H24N2O2. The predicted molar refractivity (Wildman–Crippen MR) is 74.0 cm³/mol. The normalized spacial score (nSPS) is 13.5. The average Bonchev–Trinajstić information content (AvgIpc) is 2.20. The molecule has 0 aromatic carbocycles. The van der Waals surface area contributed by atoms with Crippen LogP contribution < -0.4 is 15.2 Å². The molecule has 0 aliphatic carbocycles. The van der Waals surface area contributed by atoms with Crippen molar-refractivity contribution < 1.29 is 9.47 Å². The second-order valence-corrected chi connectivity index (χ2v) is 5.83. The molecule has 0 amide bonds. The summed E-state index contributed by atoms with van der Waals surface area (Å²) in [4.78, 5) is 4.31. The van der Waals surface area contributed by atoms with E-state index >= 15 is 0 Å². The molecule has 0 aliphatic heterocycles. The van der Waals surface area contributed by atoms with Crippen LogP contribution in [-0.4, -0.2) is 16.7 Å². The Morgan fingerprint density at radius 3 is 2.28 bits per heavy atom. The Hall–Kier alpha value is -1.45. The molecule has 1 unspecified atom stereocenters. The van der Waals surface area contributed by atoms with Gasteiger partial charge in [-0.3, -0.25) is 0 Å². The van der Waals surface area contributed by atoms with Crippen LogP contribution >= 0.6 is 0 Å². The Bertz CT molecular complexity index is 397. The molecule has 1 aromatic rings. The Kier molecular flexibility index (Phi) is 4.43. The average molecular weight is 252 g/mol. The molecule has 1 aromatic heterocycles. The highest BCUT2D eigenvalue weighted by Gasteiger charge is 2.17. The van der Waals surface area contributed by atoms with Crippen LogP contribution in [0.4, 0.5) is 5.69 Å². The summed E-state index contributed by atoms with van der Waals surface area (Å²) in [5.74, 6) is 1.40. The number of rotatable bonds is 4. The molecular weight excluding hydrogens is 228 g/mol. The van der Waals surface area contributed by atoms with Crippen LogP contribution in [0.2, 0.25) is 0 Å². The lowest BCUT2D eigenvalue weighted by Gasteiger charge is -2.22. The van der Waals surface area contributed by atoms with Gasteiger partial charge in [-0.05, 0) is 39.7 Å². The maximum Gasteiger partial charge on any atom is 0.241 e. The molecule has 1 heterocycles. The van der Waals surface area contributed by atoms with Crippen LogP contribution in [0.3, 0.4) is 0 Å². The largest absolute Gasteiger partial charge is 0.474 e. The van der Waals surface area contributed by atoms with Gasteiger partial charge in [0.25, 0.3) is 0 Å². The van der Waals surface area contributed by atoms with E-state index in [2.05, 4.69) is 18.8 Å². The van der Waals surface area contributed by atoms with Crippen LogP contribution in [0, 0.1) is 5.92 Å². The highest BCUT2D eigenvalue weighted by Crippen LogP contribution is 2.26. The van der Waals surface area contributed by atoms with Crippen LogP contribution in [-0.2, 0) is 0 Å². The molecule has 0 aliphatic rings. The summed E-state index contributed by atoms with van der Waals surface area (Å²) in [5, 5.41) is 0. The predicted octanol–water partition coefficient (Wildman–Crippen LogP) is 3.26. The van der Waals surface area contributed by atoms with Crippen molar-refractivity contribution in [3.63, 3.8) is 0 Å². The van der Waals surface area contributed by atoms with Crippen molar-refractivity contribution >= 4 is 5.69 Å². The standard InChI is InChI=1S/C14H24N2O2/c1-9(2)10(3)17-12-8-7-11(15)13(16-12)18-14(4,5)6/h7-10H,15H2,1-6H3. The maximum atomic E-state index is 5.84. The smallest absolute Gasteiger partial charge is 0.241 e. The number of anilines is 1. The summed E-state index contributed by atoms with van der Waals surface area (Å²) in [7, 11) is 0. The minimum Gasteiger partial charge on any atom is -0.474 e. The van der Waals surface area contributed by atoms with Gasteiger partial charge in [0.05, 0.1) is 11.8 Å². The zero-order chi connectivity index (χ0) is 13.9. The Balaban J connectivity index is 2.87. The fourth-order valence-corrected chi connectivity index (χ4v) is 1.20. The fraction of sp³-hybridized carbons (Fsp3) is 0.643. The molecule has 0 radical (unpaired) electrons. The van der Waals surface area contributed by atoms with Crippen molar-refractivity contribution in [1.82, 2.24) is 4.98 Å². The summed E-state index contributed by atoms with van der Waals surface area (Å²) in [6, 6.07) is 3.53. The fourth-order valence-electron chi connectivity index (χ4n) is 1.20. The quantitative estimate of drug-likeness (QED) is 0.893. The molecule has 0 bridgehead atoms. The monoisotopic (exact) mass is 252 g/mol. The highest BCUT2D eigenvalue weighted by atomic mass is 16.5. The minimum absolute atomic E-state index is 0.101. The number of aromatic nitrogens is 1. The van der Waals surface area contributed by atoms with E-state index in [1.807, 2.05) is 27.7 Å². The second kappa shape index (κ2) is 5.46. The molecule has 102 valence electrons. The first kappa shape index (κ1) is 14.6. The zero-order valence-electron chi connectivity index (χ0n) is 12.2. The summed E-state index contributed by atoms with van der Waals surface area (Å²) in [5.41, 5.74) is 6.04. The third-order valence-corrected chi connectivity index (χ3v) is 2.51. The van der Waals surface area contributed by atoms with Crippen molar-refractivity contribution in [1.29, 1.82) is 0 Å². The molecule has 0 fully saturated rings. The Labute approximate surface area is 110 Å². The third kappa shape index (κ3) is 4.43. The molecule has 0 saturated carbocycles. The van der Waals surface area contributed by atoms with Crippen LogP contribution in [0.15, 0.2) is 12.1 Å².